The fourth-order valence-electron chi connectivity index (χ4n) is 1.92. The lowest BCUT2D eigenvalue weighted by atomic mass is 9.99. The molecule has 0 aromatic heterocycles. The van der Waals surface area contributed by atoms with Gasteiger partial charge in [0.2, 0.25) is 0 Å². The fourth-order valence-corrected chi connectivity index (χ4v) is 1.92. The number of hydrogen-bond acceptors (Lipinski definition) is 2. The van der Waals surface area contributed by atoms with Crippen LogP contribution in [0.15, 0.2) is 48.5 Å². The third-order valence-electron chi connectivity index (χ3n) is 2.82. The van der Waals surface area contributed by atoms with E-state index >= 15 is 0 Å². The average Bonchev–Trinajstić information content (AvgIpc) is 2.38. The molecule has 2 nitrogen and oxygen atoms in total. The highest BCUT2D eigenvalue weighted by molar-refractivity contribution is 5.35. The van der Waals surface area contributed by atoms with Crippen LogP contribution in [0.2, 0.25) is 0 Å². The van der Waals surface area contributed by atoms with Gasteiger partial charge in [0.05, 0.1) is 12.1 Å². The number of benzene rings is 2. The normalized spacial score (nSPS) is 12.5. The van der Waals surface area contributed by atoms with Crippen LogP contribution in [0.4, 0.5) is 4.39 Å². The lowest BCUT2D eigenvalue weighted by molar-refractivity contribution is 0.242. The smallest absolute Gasteiger partial charge is 0.123 e. The van der Waals surface area contributed by atoms with Crippen LogP contribution in [0.3, 0.4) is 0 Å². The second kappa shape index (κ2) is 5.85. The van der Waals surface area contributed by atoms with Crippen molar-refractivity contribution in [1.29, 1.82) is 0 Å². The third kappa shape index (κ3) is 3.55. The molecule has 0 heterocycles. The Hall–Kier alpha value is -1.87. The van der Waals surface area contributed by atoms with Crippen molar-refractivity contribution in [2.24, 2.45) is 5.73 Å². The summed E-state index contributed by atoms with van der Waals surface area (Å²) in [6.07, 6.45) is 0.141. The maximum Gasteiger partial charge on any atom is 0.123 e. The molecule has 0 aliphatic rings. The van der Waals surface area contributed by atoms with E-state index < -0.39 is 0 Å². The zero-order valence-corrected chi connectivity index (χ0v) is 11.1. The Morgan fingerprint density at radius 3 is 2.26 bits per heavy atom. The first-order valence-electron chi connectivity index (χ1n) is 6.34. The fraction of sp³-hybridized carbons (Fsp3) is 0.250. The van der Waals surface area contributed by atoms with Crippen molar-refractivity contribution >= 4 is 0 Å². The molecule has 1 atom stereocenters. The second-order valence-corrected chi connectivity index (χ2v) is 4.77. The van der Waals surface area contributed by atoms with Gasteiger partial charge < -0.3 is 10.5 Å². The van der Waals surface area contributed by atoms with Gasteiger partial charge in [-0.15, -0.1) is 0 Å². The van der Waals surface area contributed by atoms with E-state index in [0.29, 0.717) is 0 Å². The molecule has 0 aliphatic heterocycles. The lowest BCUT2D eigenvalue weighted by Gasteiger charge is -2.14. The van der Waals surface area contributed by atoms with E-state index in [2.05, 4.69) is 0 Å². The second-order valence-electron chi connectivity index (χ2n) is 4.77. The highest BCUT2D eigenvalue weighted by atomic mass is 19.1. The van der Waals surface area contributed by atoms with Gasteiger partial charge in [0.15, 0.2) is 0 Å². The highest BCUT2D eigenvalue weighted by Gasteiger charge is 2.09. The monoisotopic (exact) mass is 259 g/mol. The Labute approximate surface area is 113 Å². The molecule has 19 heavy (non-hydrogen) atoms. The summed E-state index contributed by atoms with van der Waals surface area (Å²) in [7, 11) is 0. The first-order chi connectivity index (χ1) is 9.06. The van der Waals surface area contributed by atoms with Crippen LogP contribution in [0.1, 0.15) is 31.0 Å². The molecule has 0 saturated heterocycles. The van der Waals surface area contributed by atoms with E-state index in [1.807, 2.05) is 44.2 Å². The molecule has 2 N–H and O–H groups in total. The minimum Gasteiger partial charge on any atom is -0.491 e. The minimum atomic E-state index is -0.330. The molecule has 0 saturated carbocycles. The van der Waals surface area contributed by atoms with Crippen molar-refractivity contribution < 1.29 is 9.13 Å². The number of rotatable bonds is 4. The van der Waals surface area contributed by atoms with Gasteiger partial charge >= 0.3 is 0 Å². The van der Waals surface area contributed by atoms with Crippen LogP contribution >= 0.6 is 0 Å². The summed E-state index contributed by atoms with van der Waals surface area (Å²) >= 11 is 0. The first-order valence-corrected chi connectivity index (χ1v) is 6.34. The number of hydrogen-bond donors (Lipinski definition) is 1. The molecule has 0 aliphatic carbocycles. The molecule has 0 radical (unpaired) electrons. The molecular formula is C16H18FNO. The number of halogens is 1. The molecule has 3 heteroatoms. The van der Waals surface area contributed by atoms with Crippen molar-refractivity contribution in [3.8, 4) is 5.75 Å². The molecule has 0 amide bonds. The minimum absolute atomic E-state index is 0.141. The standard InChI is InChI=1S/C16H18FNO/c1-11(2)19-15-8-6-12(7-9-15)16(18)13-4-3-5-14(17)10-13/h3-11,16H,18H2,1-2H3. The topological polar surface area (TPSA) is 35.2 Å². The Bertz CT molecular complexity index is 537. The zero-order valence-electron chi connectivity index (χ0n) is 11.1. The summed E-state index contributed by atoms with van der Waals surface area (Å²) in [5.74, 6) is 0.540. The van der Waals surface area contributed by atoms with Gasteiger partial charge in [0.25, 0.3) is 0 Å². The summed E-state index contributed by atoms with van der Waals surface area (Å²) in [6.45, 7) is 3.96. The van der Waals surface area contributed by atoms with Crippen LogP contribution in [-0.2, 0) is 0 Å². The Balaban J connectivity index is 2.17. The largest absolute Gasteiger partial charge is 0.491 e. The van der Waals surface area contributed by atoms with Gasteiger partial charge in [0, 0.05) is 0 Å². The van der Waals surface area contributed by atoms with Gasteiger partial charge in [-0.25, -0.2) is 4.39 Å². The molecule has 0 spiro atoms. The van der Waals surface area contributed by atoms with Crippen molar-refractivity contribution in [2.75, 3.05) is 0 Å². The van der Waals surface area contributed by atoms with Gasteiger partial charge in [-0.2, -0.15) is 0 Å². The average molecular weight is 259 g/mol. The molecule has 2 aromatic carbocycles. The van der Waals surface area contributed by atoms with E-state index in [0.717, 1.165) is 16.9 Å². The Morgan fingerprint density at radius 1 is 1.00 bits per heavy atom. The van der Waals surface area contributed by atoms with E-state index in [4.69, 9.17) is 10.5 Å². The van der Waals surface area contributed by atoms with E-state index in [-0.39, 0.29) is 18.0 Å². The molecule has 100 valence electrons. The highest BCUT2D eigenvalue weighted by Crippen LogP contribution is 2.23. The van der Waals surface area contributed by atoms with Crippen molar-refractivity contribution in [1.82, 2.24) is 0 Å². The van der Waals surface area contributed by atoms with Crippen molar-refractivity contribution in [3.63, 3.8) is 0 Å². The van der Waals surface area contributed by atoms with Crippen molar-refractivity contribution in [3.05, 3.63) is 65.5 Å². The summed E-state index contributed by atoms with van der Waals surface area (Å²) in [5.41, 5.74) is 7.82. The predicted octanol–water partition coefficient (Wildman–Crippen LogP) is 3.66. The predicted molar refractivity (Wildman–Crippen MR) is 74.6 cm³/mol. The maximum atomic E-state index is 13.2. The summed E-state index contributed by atoms with van der Waals surface area (Å²) in [6, 6.07) is 13.6. The molecule has 0 fully saturated rings. The van der Waals surface area contributed by atoms with Gasteiger partial charge in [0.1, 0.15) is 11.6 Å². The zero-order chi connectivity index (χ0) is 13.8. The van der Waals surface area contributed by atoms with Crippen LogP contribution in [0, 0.1) is 5.82 Å². The van der Waals surface area contributed by atoms with Crippen molar-refractivity contribution in [2.45, 2.75) is 26.0 Å². The van der Waals surface area contributed by atoms with E-state index in [1.165, 1.54) is 12.1 Å². The number of nitrogens with two attached hydrogens (primary N) is 1. The van der Waals surface area contributed by atoms with Gasteiger partial charge in [-0.05, 0) is 49.2 Å². The summed E-state index contributed by atoms with van der Waals surface area (Å²) in [4.78, 5) is 0. The van der Waals surface area contributed by atoms with Crippen LogP contribution in [0.25, 0.3) is 0 Å². The molecule has 2 aromatic rings. The number of ether oxygens (including phenoxy) is 1. The van der Waals surface area contributed by atoms with Gasteiger partial charge in [-0.1, -0.05) is 24.3 Å². The van der Waals surface area contributed by atoms with Crippen LogP contribution in [-0.4, -0.2) is 6.10 Å². The van der Waals surface area contributed by atoms with E-state index in [1.54, 1.807) is 6.07 Å². The summed E-state index contributed by atoms with van der Waals surface area (Å²) in [5, 5.41) is 0. The molecule has 2 rings (SSSR count). The Morgan fingerprint density at radius 2 is 1.68 bits per heavy atom. The van der Waals surface area contributed by atoms with Gasteiger partial charge in [-0.3, -0.25) is 0 Å². The lowest BCUT2D eigenvalue weighted by Crippen LogP contribution is -2.12. The van der Waals surface area contributed by atoms with Crippen LogP contribution in [0.5, 0.6) is 5.75 Å². The molecule has 0 bridgehead atoms. The molecular weight excluding hydrogens is 241 g/mol. The van der Waals surface area contributed by atoms with E-state index in [9.17, 15) is 4.39 Å². The quantitative estimate of drug-likeness (QED) is 0.909. The summed E-state index contributed by atoms with van der Waals surface area (Å²) < 4.78 is 18.7. The maximum absolute atomic E-state index is 13.2. The Kier molecular flexibility index (Phi) is 4.17. The first kappa shape index (κ1) is 13.6. The van der Waals surface area contributed by atoms with Crippen LogP contribution < -0.4 is 10.5 Å². The SMILES string of the molecule is CC(C)Oc1ccc(C(N)c2cccc(F)c2)cc1. The molecule has 1 unspecified atom stereocenters. The third-order valence-corrected chi connectivity index (χ3v) is 2.82.